The van der Waals surface area contributed by atoms with Crippen LogP contribution < -0.4 is 0 Å². The Morgan fingerprint density at radius 3 is 1.59 bits per heavy atom. The molecule has 0 bridgehead atoms. The molecule has 2 unspecified atom stereocenters. The van der Waals surface area contributed by atoms with Gasteiger partial charge in [0.2, 0.25) is 0 Å². The van der Waals surface area contributed by atoms with E-state index in [9.17, 15) is 9.59 Å². The molecule has 46 heavy (non-hydrogen) atoms. The molecule has 0 spiro atoms. The van der Waals surface area contributed by atoms with Crippen LogP contribution in [0.3, 0.4) is 0 Å². The summed E-state index contributed by atoms with van der Waals surface area (Å²) < 4.78 is 1.08. The number of carbonyl (C=O) groups excluding carboxylic acids is 2. The number of halogens is 1. The predicted octanol–water partition coefficient (Wildman–Crippen LogP) is 9.36. The molecular formula is C41H47BrN2O2. The third kappa shape index (κ3) is 7.98. The average Bonchev–Trinajstić information content (AvgIpc) is 4.02. The summed E-state index contributed by atoms with van der Waals surface area (Å²) in [7, 11) is 0. The largest absolute Gasteiger partial charge is 0.302 e. The van der Waals surface area contributed by atoms with Crippen LogP contribution in [-0.2, 0) is 0 Å². The van der Waals surface area contributed by atoms with E-state index >= 15 is 0 Å². The number of Topliss-reactive ketones (excluding diaryl/α,β-unsaturated/α-hetero) is 2. The van der Waals surface area contributed by atoms with Gasteiger partial charge >= 0.3 is 0 Å². The number of likely N-dealkylation sites (tertiary alicyclic amines) is 2. The van der Waals surface area contributed by atoms with Gasteiger partial charge in [-0.15, -0.1) is 0 Å². The Labute approximate surface area is 282 Å². The Bertz CT molecular complexity index is 1600. The highest BCUT2D eigenvalue weighted by atomic mass is 79.9. The molecule has 4 fully saturated rings. The van der Waals surface area contributed by atoms with E-state index in [-0.39, 0.29) is 11.8 Å². The first kappa shape index (κ1) is 31.7. The first-order valence-corrected chi connectivity index (χ1v) is 18.4. The number of piperidine rings is 2. The van der Waals surface area contributed by atoms with E-state index < -0.39 is 0 Å². The second-order valence-electron chi connectivity index (χ2n) is 14.6. The molecule has 0 amide bonds. The molecule has 2 atom stereocenters. The van der Waals surface area contributed by atoms with E-state index in [0.717, 1.165) is 71.6 Å². The number of hydrogen-bond donors (Lipinski definition) is 0. The van der Waals surface area contributed by atoms with Crippen molar-refractivity contribution >= 4 is 49.0 Å². The van der Waals surface area contributed by atoms with Gasteiger partial charge in [0.15, 0.2) is 11.6 Å². The van der Waals surface area contributed by atoms with Crippen LogP contribution in [0.1, 0.15) is 77.6 Å². The van der Waals surface area contributed by atoms with Crippen LogP contribution in [0.5, 0.6) is 0 Å². The highest BCUT2D eigenvalue weighted by Gasteiger charge is 2.32. The van der Waals surface area contributed by atoms with Gasteiger partial charge in [0.25, 0.3) is 0 Å². The third-order valence-corrected chi connectivity index (χ3v) is 11.0. The van der Waals surface area contributed by atoms with Gasteiger partial charge in [-0.1, -0.05) is 70.0 Å². The molecule has 4 aliphatic rings. The highest BCUT2D eigenvalue weighted by Crippen LogP contribution is 2.33. The minimum Gasteiger partial charge on any atom is -0.302 e. The number of benzene rings is 4. The van der Waals surface area contributed by atoms with Gasteiger partial charge in [-0.25, -0.2) is 0 Å². The van der Waals surface area contributed by atoms with Crippen LogP contribution >= 0.6 is 15.9 Å². The van der Waals surface area contributed by atoms with Crippen molar-refractivity contribution in [3.8, 4) is 0 Å². The first-order chi connectivity index (χ1) is 22.4. The summed E-state index contributed by atoms with van der Waals surface area (Å²) in [5, 5.41) is 4.72. The fourth-order valence-corrected chi connectivity index (χ4v) is 7.94. The van der Waals surface area contributed by atoms with Crippen LogP contribution in [0.4, 0.5) is 0 Å². The molecule has 0 radical (unpaired) electrons. The minimum atomic E-state index is 0.176. The predicted molar refractivity (Wildman–Crippen MR) is 193 cm³/mol. The van der Waals surface area contributed by atoms with Crippen molar-refractivity contribution in [3.05, 3.63) is 94.0 Å². The fraction of sp³-hybridized carbons (Fsp3) is 0.463. The Hall–Kier alpha value is -2.86. The maximum atomic E-state index is 12.9. The minimum absolute atomic E-state index is 0.176. The van der Waals surface area contributed by atoms with Gasteiger partial charge < -0.3 is 9.80 Å². The van der Waals surface area contributed by atoms with Crippen LogP contribution in [0.25, 0.3) is 21.5 Å². The molecule has 240 valence electrons. The SMILES string of the molecule is Cc1ccc2cc(C(=O)C3CCCN(CC4CC4)C3)ccc2c1.O=C(c1ccc2cc(Br)ccc2c1)C1CCCN(CC2CC2)C1. The van der Waals surface area contributed by atoms with E-state index in [1.165, 1.54) is 73.6 Å². The second kappa shape index (κ2) is 14.1. The summed E-state index contributed by atoms with van der Waals surface area (Å²) in [6.45, 7) is 8.78. The Kier molecular flexibility index (Phi) is 9.72. The van der Waals surface area contributed by atoms with Crippen LogP contribution in [-0.4, -0.2) is 60.6 Å². The Balaban J connectivity index is 0.000000147. The lowest BCUT2D eigenvalue weighted by atomic mass is 9.89. The first-order valence-electron chi connectivity index (χ1n) is 17.6. The number of rotatable bonds is 8. The number of hydrogen-bond acceptors (Lipinski definition) is 4. The van der Waals surface area contributed by atoms with E-state index in [1.54, 1.807) is 0 Å². The van der Waals surface area contributed by atoms with Crippen molar-refractivity contribution in [2.24, 2.45) is 23.7 Å². The third-order valence-electron chi connectivity index (χ3n) is 10.5. The van der Waals surface area contributed by atoms with Gasteiger partial charge in [0, 0.05) is 53.6 Å². The van der Waals surface area contributed by atoms with Crippen LogP contribution in [0, 0.1) is 30.6 Å². The van der Waals surface area contributed by atoms with Crippen molar-refractivity contribution in [1.82, 2.24) is 9.80 Å². The molecule has 4 aromatic rings. The normalized spacial score (nSPS) is 22.4. The maximum absolute atomic E-state index is 12.9. The molecule has 4 aromatic carbocycles. The summed E-state index contributed by atoms with van der Waals surface area (Å²) in [6.07, 6.45) is 9.95. The van der Waals surface area contributed by atoms with Gasteiger partial charge in [-0.05, 0) is 129 Å². The van der Waals surface area contributed by atoms with Gasteiger partial charge in [0.1, 0.15) is 0 Å². The molecule has 5 heteroatoms. The lowest BCUT2D eigenvalue weighted by Crippen LogP contribution is -2.39. The van der Waals surface area contributed by atoms with E-state index in [0.29, 0.717) is 11.6 Å². The molecule has 2 heterocycles. The summed E-state index contributed by atoms with van der Waals surface area (Å²) in [4.78, 5) is 30.9. The van der Waals surface area contributed by atoms with Crippen LogP contribution in [0.2, 0.25) is 0 Å². The van der Waals surface area contributed by atoms with Crippen molar-refractivity contribution in [2.45, 2.75) is 58.3 Å². The smallest absolute Gasteiger partial charge is 0.167 e. The van der Waals surface area contributed by atoms with E-state index in [2.05, 4.69) is 87.3 Å². The summed E-state index contributed by atoms with van der Waals surface area (Å²) in [5.74, 6) is 2.85. The maximum Gasteiger partial charge on any atom is 0.167 e. The van der Waals surface area contributed by atoms with E-state index in [4.69, 9.17) is 0 Å². The average molecular weight is 680 g/mol. The Morgan fingerprint density at radius 1 is 0.609 bits per heavy atom. The number of fused-ring (bicyclic) bond motifs is 2. The lowest BCUT2D eigenvalue weighted by molar-refractivity contribution is 0.0808. The quantitative estimate of drug-likeness (QED) is 0.174. The molecule has 2 aliphatic carbocycles. The lowest BCUT2D eigenvalue weighted by Gasteiger charge is -2.32. The number of carbonyl (C=O) groups is 2. The highest BCUT2D eigenvalue weighted by molar-refractivity contribution is 9.10. The number of aryl methyl sites for hydroxylation is 1. The summed E-state index contributed by atoms with van der Waals surface area (Å²) in [6, 6.07) is 25.0. The van der Waals surface area contributed by atoms with Crippen molar-refractivity contribution in [1.29, 1.82) is 0 Å². The molecule has 2 saturated carbocycles. The summed E-state index contributed by atoms with van der Waals surface area (Å²) in [5.41, 5.74) is 3.03. The van der Waals surface area contributed by atoms with Crippen molar-refractivity contribution in [3.63, 3.8) is 0 Å². The van der Waals surface area contributed by atoms with Crippen molar-refractivity contribution < 1.29 is 9.59 Å². The van der Waals surface area contributed by atoms with Crippen molar-refractivity contribution in [2.75, 3.05) is 39.3 Å². The molecule has 2 saturated heterocycles. The van der Waals surface area contributed by atoms with Crippen LogP contribution in [0.15, 0.2) is 77.3 Å². The molecule has 2 aliphatic heterocycles. The number of nitrogens with zero attached hydrogens (tertiary/aromatic N) is 2. The Morgan fingerprint density at radius 2 is 1.07 bits per heavy atom. The second-order valence-corrected chi connectivity index (χ2v) is 15.5. The number of ketones is 2. The van der Waals surface area contributed by atoms with Gasteiger partial charge in [-0.3, -0.25) is 9.59 Å². The molecule has 4 nitrogen and oxygen atoms in total. The zero-order valence-corrected chi connectivity index (χ0v) is 28.8. The zero-order chi connectivity index (χ0) is 31.6. The summed E-state index contributed by atoms with van der Waals surface area (Å²) >= 11 is 3.50. The van der Waals surface area contributed by atoms with E-state index in [1.807, 2.05) is 18.2 Å². The zero-order valence-electron chi connectivity index (χ0n) is 27.2. The molecular weight excluding hydrogens is 632 g/mol. The molecule has 0 aromatic heterocycles. The topological polar surface area (TPSA) is 40.6 Å². The van der Waals surface area contributed by atoms with Gasteiger partial charge in [0.05, 0.1) is 0 Å². The van der Waals surface area contributed by atoms with Gasteiger partial charge in [-0.2, -0.15) is 0 Å². The molecule has 0 N–H and O–H groups in total. The fourth-order valence-electron chi connectivity index (χ4n) is 7.56. The standard InChI is InChI=1S/C21H25NO.C20H22BrNO/c1-15-4-7-18-12-19(9-8-17(18)11-15)21(23)20-3-2-10-22(14-20)13-16-5-6-16;21-19-8-7-15-10-17(6-5-16(15)11-19)20(23)18-2-1-9-22(13-18)12-14-3-4-14/h4,7-9,11-12,16,20H,2-3,5-6,10,13-14H2,1H3;5-8,10-11,14,18H,1-4,9,12-13H2. The monoisotopic (exact) mass is 678 g/mol. The molecule has 8 rings (SSSR count).